The molecular weight excluding hydrogens is 508 g/mol. The predicted molar refractivity (Wildman–Crippen MR) is 187 cm³/mol. The van der Waals surface area contributed by atoms with Crippen molar-refractivity contribution >= 4 is 0 Å². The SMILES string of the molecule is CC1=C(/C=C/C(C)=C/C=C/C(C)=C/C=C/C=C(C)/C=C/C=C(C)/C=C/C2C(C)(C)CCCC2(C)C)C(C)(C)C(O)CC1. The van der Waals surface area contributed by atoms with Gasteiger partial charge >= 0.3 is 0 Å². The fourth-order valence-corrected chi connectivity index (χ4v) is 6.63. The lowest BCUT2D eigenvalue weighted by atomic mass is 9.57. The molecule has 2 rings (SSSR count). The molecule has 0 aromatic heterocycles. The molecule has 1 unspecified atom stereocenters. The van der Waals surface area contributed by atoms with Crippen molar-refractivity contribution in [2.45, 2.75) is 114 Å². The summed E-state index contributed by atoms with van der Waals surface area (Å²) in [5.41, 5.74) is 8.10. The molecule has 2 aliphatic rings. The first-order valence-corrected chi connectivity index (χ1v) is 16.0. The molecule has 1 N–H and O–H groups in total. The van der Waals surface area contributed by atoms with Crippen molar-refractivity contribution in [1.29, 1.82) is 0 Å². The van der Waals surface area contributed by atoms with Gasteiger partial charge in [-0.05, 0) is 82.6 Å². The smallest absolute Gasteiger partial charge is 0.0634 e. The van der Waals surface area contributed by atoms with Crippen molar-refractivity contribution in [3.05, 3.63) is 119 Å². The topological polar surface area (TPSA) is 20.2 Å². The van der Waals surface area contributed by atoms with Crippen LogP contribution in [0.3, 0.4) is 0 Å². The van der Waals surface area contributed by atoms with E-state index < -0.39 is 0 Å². The van der Waals surface area contributed by atoms with Crippen LogP contribution >= 0.6 is 0 Å². The highest BCUT2D eigenvalue weighted by atomic mass is 16.3. The van der Waals surface area contributed by atoms with Crippen molar-refractivity contribution in [2.24, 2.45) is 22.2 Å². The first kappa shape index (κ1) is 35.6. The van der Waals surface area contributed by atoms with E-state index >= 15 is 0 Å². The Morgan fingerprint density at radius 2 is 1.12 bits per heavy atom. The molecule has 0 bridgehead atoms. The van der Waals surface area contributed by atoms with Gasteiger partial charge in [0.15, 0.2) is 0 Å². The van der Waals surface area contributed by atoms with Crippen LogP contribution in [0.5, 0.6) is 0 Å². The van der Waals surface area contributed by atoms with Crippen LogP contribution < -0.4 is 0 Å². The van der Waals surface area contributed by atoms with E-state index in [2.05, 4.69) is 161 Å². The van der Waals surface area contributed by atoms with Crippen molar-refractivity contribution < 1.29 is 5.11 Å². The number of allylic oxidation sites excluding steroid dienone is 19. The van der Waals surface area contributed by atoms with E-state index in [0.717, 1.165) is 12.8 Å². The first-order chi connectivity index (χ1) is 19.6. The summed E-state index contributed by atoms with van der Waals surface area (Å²) in [4.78, 5) is 0. The lowest BCUT2D eigenvalue weighted by molar-refractivity contribution is 0.0498. The van der Waals surface area contributed by atoms with Crippen LogP contribution in [0.25, 0.3) is 0 Å². The van der Waals surface area contributed by atoms with Gasteiger partial charge in [0.05, 0.1) is 6.10 Å². The maximum absolute atomic E-state index is 10.4. The molecule has 1 saturated carbocycles. The normalized spacial score (nSPS) is 24.9. The number of aliphatic hydroxyl groups is 1. The molecule has 0 heterocycles. The third-order valence-electron chi connectivity index (χ3n) is 9.44. The third-order valence-corrected chi connectivity index (χ3v) is 9.44. The van der Waals surface area contributed by atoms with Gasteiger partial charge in [0.2, 0.25) is 0 Å². The van der Waals surface area contributed by atoms with Gasteiger partial charge in [-0.3, -0.25) is 0 Å². The molecule has 0 amide bonds. The van der Waals surface area contributed by atoms with Crippen LogP contribution in [0.15, 0.2) is 119 Å². The molecule has 1 nitrogen and oxygen atoms in total. The highest BCUT2D eigenvalue weighted by Gasteiger charge is 2.42. The van der Waals surface area contributed by atoms with Gasteiger partial charge in [-0.15, -0.1) is 0 Å². The van der Waals surface area contributed by atoms with E-state index in [0.29, 0.717) is 16.7 Å². The largest absolute Gasteiger partial charge is 0.392 e. The Morgan fingerprint density at radius 1 is 0.667 bits per heavy atom. The maximum atomic E-state index is 10.4. The molecular formula is C41H60O. The fraction of sp³-hybridized carbons (Fsp3) is 0.512. The molecule has 0 aromatic rings. The minimum Gasteiger partial charge on any atom is -0.392 e. The van der Waals surface area contributed by atoms with Gasteiger partial charge in [0, 0.05) is 5.41 Å². The Labute approximate surface area is 259 Å². The lowest BCUT2D eigenvalue weighted by Crippen LogP contribution is -2.39. The average molecular weight is 569 g/mol. The lowest BCUT2D eigenvalue weighted by Gasteiger charge is -2.48. The van der Waals surface area contributed by atoms with Crippen LogP contribution in [0, 0.1) is 22.2 Å². The molecule has 1 heteroatoms. The molecule has 230 valence electrons. The van der Waals surface area contributed by atoms with Crippen LogP contribution in [0.2, 0.25) is 0 Å². The van der Waals surface area contributed by atoms with E-state index in [1.807, 2.05) is 0 Å². The second-order valence-corrected chi connectivity index (χ2v) is 14.7. The summed E-state index contributed by atoms with van der Waals surface area (Å²) in [6.07, 6.45) is 36.0. The Bertz CT molecular complexity index is 1210. The summed E-state index contributed by atoms with van der Waals surface area (Å²) >= 11 is 0. The zero-order valence-electron chi connectivity index (χ0n) is 28.7. The number of hydrogen-bond acceptors (Lipinski definition) is 1. The van der Waals surface area contributed by atoms with Crippen molar-refractivity contribution in [1.82, 2.24) is 0 Å². The number of hydrogen-bond donors (Lipinski definition) is 1. The highest BCUT2D eigenvalue weighted by molar-refractivity contribution is 5.38. The zero-order chi connectivity index (χ0) is 31.6. The van der Waals surface area contributed by atoms with Gasteiger partial charge < -0.3 is 5.11 Å². The predicted octanol–water partition coefficient (Wildman–Crippen LogP) is 11.9. The van der Waals surface area contributed by atoms with E-state index in [1.54, 1.807) is 0 Å². The summed E-state index contributed by atoms with van der Waals surface area (Å²) in [5.74, 6) is 0.609. The molecule has 0 saturated heterocycles. The zero-order valence-corrected chi connectivity index (χ0v) is 28.7. The van der Waals surface area contributed by atoms with E-state index in [1.165, 1.54) is 52.7 Å². The molecule has 0 aromatic carbocycles. The monoisotopic (exact) mass is 568 g/mol. The molecule has 0 radical (unpaired) electrons. The van der Waals surface area contributed by atoms with Gasteiger partial charge in [0.1, 0.15) is 0 Å². The van der Waals surface area contributed by atoms with Crippen LogP contribution in [0.1, 0.15) is 108 Å². The molecule has 0 spiro atoms. The second-order valence-electron chi connectivity index (χ2n) is 14.7. The van der Waals surface area contributed by atoms with Gasteiger partial charge in [-0.1, -0.05) is 161 Å². The maximum Gasteiger partial charge on any atom is 0.0634 e. The summed E-state index contributed by atoms with van der Waals surface area (Å²) < 4.78 is 0. The summed E-state index contributed by atoms with van der Waals surface area (Å²) in [6.45, 7) is 24.8. The van der Waals surface area contributed by atoms with Crippen LogP contribution in [-0.4, -0.2) is 11.2 Å². The van der Waals surface area contributed by atoms with Gasteiger partial charge in [-0.2, -0.15) is 0 Å². The molecule has 0 aliphatic heterocycles. The average Bonchev–Trinajstić information content (AvgIpc) is 2.88. The molecule has 42 heavy (non-hydrogen) atoms. The fourth-order valence-electron chi connectivity index (χ4n) is 6.63. The van der Waals surface area contributed by atoms with Crippen LogP contribution in [-0.2, 0) is 0 Å². The van der Waals surface area contributed by atoms with Crippen molar-refractivity contribution in [3.63, 3.8) is 0 Å². The number of aliphatic hydroxyl groups excluding tert-OH is 1. The molecule has 2 aliphatic carbocycles. The molecule has 1 atom stereocenters. The third kappa shape index (κ3) is 10.9. The Morgan fingerprint density at radius 3 is 1.64 bits per heavy atom. The minimum absolute atomic E-state index is 0.195. The van der Waals surface area contributed by atoms with Crippen LogP contribution in [0.4, 0.5) is 0 Å². The minimum atomic E-state index is -0.277. The van der Waals surface area contributed by atoms with E-state index in [4.69, 9.17) is 0 Å². The van der Waals surface area contributed by atoms with Gasteiger partial charge in [0.25, 0.3) is 0 Å². The van der Waals surface area contributed by atoms with Crippen molar-refractivity contribution in [2.75, 3.05) is 0 Å². The van der Waals surface area contributed by atoms with Gasteiger partial charge in [-0.25, -0.2) is 0 Å². The summed E-state index contributed by atoms with van der Waals surface area (Å²) in [5, 5.41) is 10.4. The first-order valence-electron chi connectivity index (χ1n) is 16.0. The quantitative estimate of drug-likeness (QED) is 0.260. The number of rotatable bonds is 10. The van der Waals surface area contributed by atoms with Crippen molar-refractivity contribution in [3.8, 4) is 0 Å². The Hall–Kier alpha value is -2.64. The summed E-state index contributed by atoms with van der Waals surface area (Å²) in [7, 11) is 0. The Kier molecular flexibility index (Phi) is 13.3. The van der Waals surface area contributed by atoms with E-state index in [-0.39, 0.29) is 11.5 Å². The highest BCUT2D eigenvalue weighted by Crippen LogP contribution is 2.51. The summed E-state index contributed by atoms with van der Waals surface area (Å²) in [6, 6.07) is 0. The second kappa shape index (κ2) is 15.7. The van der Waals surface area contributed by atoms with E-state index in [9.17, 15) is 5.11 Å². The Balaban J connectivity index is 1.90. The standard InChI is InChI=1S/C41H60O/c1-31(19-14-21-33(3)23-26-36-35(5)25-28-38(42)41(36,10)11)17-12-13-18-32(2)20-15-22-34(4)24-27-37-39(6,7)29-16-30-40(37,8)9/h12-15,17-24,26-27,37-38,42H,16,25,28-30H2,1-11H3/b13-12+,19-14+,20-15+,26-23+,27-24+,31-17+,32-18+,33-21+,34-22+. The molecule has 1 fully saturated rings.